The quantitative estimate of drug-likeness (QED) is 0.461. The van der Waals surface area contributed by atoms with Crippen LogP contribution in [0.4, 0.5) is 0 Å². The summed E-state index contributed by atoms with van der Waals surface area (Å²) in [4.78, 5) is 26.0. The lowest BCUT2D eigenvalue weighted by molar-refractivity contribution is -0.135. The average molecular weight is 245 g/mol. The number of esters is 2. The van der Waals surface area contributed by atoms with Gasteiger partial charge < -0.3 is 9.47 Å². The molecule has 0 fully saturated rings. The van der Waals surface area contributed by atoms with Crippen LogP contribution in [0.2, 0.25) is 0 Å². The summed E-state index contributed by atoms with van der Waals surface area (Å²) in [5.41, 5.74) is 0.980. The van der Waals surface area contributed by atoms with E-state index in [1.807, 2.05) is 30.3 Å². The first-order valence-corrected chi connectivity index (χ1v) is 5.36. The second-order valence-corrected chi connectivity index (χ2v) is 3.67. The van der Waals surface area contributed by atoms with Gasteiger partial charge in [0.15, 0.2) is 5.70 Å². The summed E-state index contributed by atoms with van der Waals surface area (Å²) in [6.07, 6.45) is 1.42. The first kappa shape index (κ1) is 12.0. The molecule has 1 aliphatic rings. The predicted octanol–water partition coefficient (Wildman–Crippen LogP) is 1.59. The van der Waals surface area contributed by atoms with Crippen molar-refractivity contribution >= 4 is 17.8 Å². The van der Waals surface area contributed by atoms with Crippen molar-refractivity contribution in [2.45, 2.75) is 13.3 Å². The van der Waals surface area contributed by atoms with Crippen molar-refractivity contribution in [2.75, 3.05) is 0 Å². The molecule has 1 heterocycles. The van der Waals surface area contributed by atoms with Gasteiger partial charge in [-0.05, 0) is 5.56 Å². The fraction of sp³-hybridized carbons (Fsp3) is 0.154. The number of rotatable bonds is 3. The van der Waals surface area contributed by atoms with Gasteiger partial charge in [0.25, 0.3) is 0 Å². The normalized spacial score (nSPS) is 16.4. The van der Waals surface area contributed by atoms with E-state index in [0.29, 0.717) is 12.3 Å². The van der Waals surface area contributed by atoms with Gasteiger partial charge in [-0.1, -0.05) is 30.3 Å². The molecule has 0 amide bonds. The number of ether oxygens (including phenoxy) is 2. The minimum absolute atomic E-state index is 0.00358. The fourth-order valence-electron chi connectivity index (χ4n) is 1.42. The maximum Gasteiger partial charge on any atom is 0.366 e. The Morgan fingerprint density at radius 2 is 2.11 bits per heavy atom. The Hall–Kier alpha value is -2.43. The van der Waals surface area contributed by atoms with E-state index in [1.54, 1.807) is 0 Å². The number of carbonyl (C=O) groups excluding carboxylic acids is 2. The third-order valence-corrected chi connectivity index (χ3v) is 2.20. The molecule has 1 aromatic carbocycles. The lowest BCUT2D eigenvalue weighted by atomic mass is 10.1. The fourth-order valence-corrected chi connectivity index (χ4v) is 1.42. The number of nitrogens with zero attached hydrogens (tertiary/aromatic N) is 1. The van der Waals surface area contributed by atoms with Crippen molar-refractivity contribution in [2.24, 2.45) is 4.99 Å². The second-order valence-electron chi connectivity index (χ2n) is 3.67. The highest BCUT2D eigenvalue weighted by Crippen LogP contribution is 2.14. The van der Waals surface area contributed by atoms with Crippen molar-refractivity contribution in [3.05, 3.63) is 47.9 Å². The van der Waals surface area contributed by atoms with Crippen LogP contribution < -0.4 is 0 Å². The summed E-state index contributed by atoms with van der Waals surface area (Å²) >= 11 is 0. The van der Waals surface area contributed by atoms with Crippen LogP contribution >= 0.6 is 0 Å². The van der Waals surface area contributed by atoms with E-state index in [2.05, 4.69) is 9.73 Å². The molecule has 5 heteroatoms. The molecule has 0 saturated heterocycles. The second kappa shape index (κ2) is 5.27. The van der Waals surface area contributed by atoms with Gasteiger partial charge in [0.05, 0.1) is 0 Å². The zero-order valence-electron chi connectivity index (χ0n) is 9.75. The Morgan fingerprint density at radius 1 is 1.39 bits per heavy atom. The van der Waals surface area contributed by atoms with Crippen molar-refractivity contribution in [3.8, 4) is 0 Å². The molecule has 0 bridgehead atoms. The first-order chi connectivity index (χ1) is 8.65. The van der Waals surface area contributed by atoms with Crippen LogP contribution in [0.1, 0.15) is 12.5 Å². The van der Waals surface area contributed by atoms with E-state index in [0.717, 1.165) is 11.8 Å². The van der Waals surface area contributed by atoms with E-state index in [-0.39, 0.29) is 5.70 Å². The number of aliphatic imine (C=N–C) groups is 1. The van der Waals surface area contributed by atoms with Gasteiger partial charge in [0, 0.05) is 13.3 Å². The minimum atomic E-state index is -0.609. The van der Waals surface area contributed by atoms with Crippen LogP contribution in [-0.2, 0) is 25.5 Å². The van der Waals surface area contributed by atoms with Gasteiger partial charge >= 0.3 is 11.9 Å². The van der Waals surface area contributed by atoms with Crippen molar-refractivity contribution in [1.29, 1.82) is 0 Å². The number of hydrogen-bond acceptors (Lipinski definition) is 5. The van der Waals surface area contributed by atoms with Gasteiger partial charge in [0.1, 0.15) is 6.26 Å². The molecule has 0 saturated carbocycles. The van der Waals surface area contributed by atoms with E-state index >= 15 is 0 Å². The number of hydrogen-bond donors (Lipinski definition) is 0. The molecule has 0 unspecified atom stereocenters. The van der Waals surface area contributed by atoms with Gasteiger partial charge in [-0.15, -0.1) is 0 Å². The third kappa shape index (κ3) is 3.04. The summed E-state index contributed by atoms with van der Waals surface area (Å²) in [6, 6.07) is 9.50. The molecule has 0 N–H and O–H groups in total. The molecule has 0 atom stereocenters. The van der Waals surface area contributed by atoms with Crippen molar-refractivity contribution in [1.82, 2.24) is 0 Å². The molecule has 0 spiro atoms. The van der Waals surface area contributed by atoms with Crippen LogP contribution in [0.3, 0.4) is 0 Å². The summed E-state index contributed by atoms with van der Waals surface area (Å²) < 4.78 is 9.55. The summed E-state index contributed by atoms with van der Waals surface area (Å²) in [5, 5.41) is 0. The highest BCUT2D eigenvalue weighted by Gasteiger charge is 2.23. The van der Waals surface area contributed by atoms with E-state index in [4.69, 9.17) is 4.74 Å². The Balaban J connectivity index is 2.07. The maximum atomic E-state index is 11.4. The zero-order valence-corrected chi connectivity index (χ0v) is 9.75. The van der Waals surface area contributed by atoms with Crippen molar-refractivity contribution in [3.63, 3.8) is 0 Å². The molecule has 5 nitrogen and oxygen atoms in total. The predicted molar refractivity (Wildman–Crippen MR) is 63.5 cm³/mol. The monoisotopic (exact) mass is 245 g/mol. The summed E-state index contributed by atoms with van der Waals surface area (Å²) in [7, 11) is 0. The Bertz CT molecular complexity index is 531. The number of carbonyl (C=O) groups is 2. The van der Waals surface area contributed by atoms with Gasteiger partial charge in [-0.3, -0.25) is 4.79 Å². The molecule has 1 aliphatic heterocycles. The van der Waals surface area contributed by atoms with E-state index in [1.165, 1.54) is 6.92 Å². The van der Waals surface area contributed by atoms with Crippen LogP contribution in [0.5, 0.6) is 0 Å². The van der Waals surface area contributed by atoms with Crippen LogP contribution in [0.15, 0.2) is 47.3 Å². The molecule has 2 rings (SSSR count). The lowest BCUT2D eigenvalue weighted by Gasteiger charge is -1.98. The molecule has 0 aliphatic carbocycles. The first-order valence-electron chi connectivity index (χ1n) is 5.36. The molecule has 1 aromatic rings. The molecule has 0 aromatic heterocycles. The van der Waals surface area contributed by atoms with E-state index < -0.39 is 11.9 Å². The standard InChI is InChI=1S/C13H11NO4/c1-9(15)17-8-11-13(16)18-12(14-11)7-10-5-3-2-4-6-10/h2-6,8H,7H2,1H3. The smallest absolute Gasteiger partial charge is 0.366 e. The third-order valence-electron chi connectivity index (χ3n) is 2.20. The SMILES string of the molecule is CC(=O)OC=C1N=C(Cc2ccccc2)OC1=O. The molecule has 92 valence electrons. The molecule has 18 heavy (non-hydrogen) atoms. The molecular formula is C13H11NO4. The summed E-state index contributed by atoms with van der Waals surface area (Å²) in [6.45, 7) is 1.24. The zero-order chi connectivity index (χ0) is 13.0. The average Bonchev–Trinajstić information content (AvgIpc) is 2.68. The molecule has 0 radical (unpaired) electrons. The summed E-state index contributed by atoms with van der Waals surface area (Å²) in [5.74, 6) is -0.825. The molecular weight excluding hydrogens is 234 g/mol. The van der Waals surface area contributed by atoms with Gasteiger partial charge in [-0.25, -0.2) is 9.79 Å². The minimum Gasteiger partial charge on any atom is -0.432 e. The van der Waals surface area contributed by atoms with Crippen LogP contribution in [0.25, 0.3) is 0 Å². The number of cyclic esters (lactones) is 1. The van der Waals surface area contributed by atoms with Gasteiger partial charge in [-0.2, -0.15) is 0 Å². The highest BCUT2D eigenvalue weighted by atomic mass is 16.6. The van der Waals surface area contributed by atoms with Crippen molar-refractivity contribution < 1.29 is 19.1 Å². The topological polar surface area (TPSA) is 65.0 Å². The maximum absolute atomic E-state index is 11.4. The number of benzene rings is 1. The van der Waals surface area contributed by atoms with Gasteiger partial charge in [0.2, 0.25) is 5.90 Å². The highest BCUT2D eigenvalue weighted by molar-refractivity contribution is 6.05. The Kier molecular flexibility index (Phi) is 3.52. The Morgan fingerprint density at radius 3 is 2.78 bits per heavy atom. The van der Waals surface area contributed by atoms with E-state index in [9.17, 15) is 9.59 Å². The largest absolute Gasteiger partial charge is 0.432 e. The van der Waals surface area contributed by atoms with Crippen LogP contribution in [0, 0.1) is 0 Å². The van der Waals surface area contributed by atoms with Crippen LogP contribution in [-0.4, -0.2) is 17.8 Å². The lowest BCUT2D eigenvalue weighted by Crippen LogP contribution is -2.07. The Labute approximate surface area is 104 Å².